The molecular formula is C7H5NO2. The van der Waals surface area contributed by atoms with Gasteiger partial charge in [-0.3, -0.25) is 4.98 Å². The average molecular weight is 135 g/mol. The summed E-state index contributed by atoms with van der Waals surface area (Å²) >= 11 is 0. The Bertz CT molecular complexity index is 283. The number of hydrogen-bond donors (Lipinski definition) is 0. The van der Waals surface area contributed by atoms with E-state index in [-0.39, 0.29) is 5.97 Å². The van der Waals surface area contributed by atoms with Crippen molar-refractivity contribution in [2.45, 2.75) is 6.61 Å². The minimum Gasteiger partial charge on any atom is -0.457 e. The van der Waals surface area contributed by atoms with Crippen LogP contribution in [0.4, 0.5) is 0 Å². The molecular weight excluding hydrogens is 130 g/mol. The maximum absolute atomic E-state index is 10.8. The third-order valence-electron chi connectivity index (χ3n) is 1.48. The first-order valence-corrected chi connectivity index (χ1v) is 2.98. The number of esters is 1. The van der Waals surface area contributed by atoms with E-state index in [9.17, 15) is 4.79 Å². The van der Waals surface area contributed by atoms with Crippen molar-refractivity contribution >= 4 is 5.97 Å². The van der Waals surface area contributed by atoms with Gasteiger partial charge in [0, 0.05) is 18.0 Å². The molecule has 2 rings (SSSR count). The monoisotopic (exact) mass is 135 g/mol. The average Bonchev–Trinajstić information content (AvgIpc) is 2.34. The van der Waals surface area contributed by atoms with Gasteiger partial charge in [-0.1, -0.05) is 0 Å². The molecule has 2 heterocycles. The fourth-order valence-electron chi connectivity index (χ4n) is 0.962. The molecule has 0 aliphatic carbocycles. The maximum Gasteiger partial charge on any atom is 0.338 e. The highest BCUT2D eigenvalue weighted by Crippen LogP contribution is 2.16. The van der Waals surface area contributed by atoms with Crippen molar-refractivity contribution in [1.82, 2.24) is 4.98 Å². The van der Waals surface area contributed by atoms with Gasteiger partial charge in [-0.2, -0.15) is 0 Å². The number of carbonyl (C=O) groups excluding carboxylic acids is 1. The van der Waals surface area contributed by atoms with Crippen molar-refractivity contribution in [3.8, 4) is 0 Å². The summed E-state index contributed by atoms with van der Waals surface area (Å²) in [6, 6.07) is 1.67. The highest BCUT2D eigenvalue weighted by atomic mass is 16.5. The summed E-state index contributed by atoms with van der Waals surface area (Å²) in [5.74, 6) is -0.239. The third kappa shape index (κ3) is 0.603. The van der Waals surface area contributed by atoms with Crippen LogP contribution < -0.4 is 0 Å². The fraction of sp³-hybridized carbons (Fsp3) is 0.143. The van der Waals surface area contributed by atoms with E-state index < -0.39 is 0 Å². The standard InChI is InChI=1S/C7H5NO2/c9-7-6-1-2-8-3-5(6)4-10-7/h1-3H,4H2. The second kappa shape index (κ2) is 1.80. The zero-order chi connectivity index (χ0) is 6.97. The zero-order valence-corrected chi connectivity index (χ0v) is 5.20. The lowest BCUT2D eigenvalue weighted by Crippen LogP contribution is -1.92. The third-order valence-corrected chi connectivity index (χ3v) is 1.48. The van der Waals surface area contributed by atoms with Crippen molar-refractivity contribution < 1.29 is 9.53 Å². The molecule has 0 unspecified atom stereocenters. The lowest BCUT2D eigenvalue weighted by molar-refractivity contribution is 0.0535. The molecule has 0 spiro atoms. The summed E-state index contributed by atoms with van der Waals surface area (Å²) < 4.78 is 4.74. The van der Waals surface area contributed by atoms with Crippen molar-refractivity contribution in [3.63, 3.8) is 0 Å². The first-order valence-electron chi connectivity index (χ1n) is 2.98. The predicted octanol–water partition coefficient (Wildman–Crippen LogP) is 0.752. The molecule has 0 amide bonds. The first kappa shape index (κ1) is 5.41. The van der Waals surface area contributed by atoms with Crippen molar-refractivity contribution in [1.29, 1.82) is 0 Å². The zero-order valence-electron chi connectivity index (χ0n) is 5.20. The Morgan fingerprint density at radius 2 is 2.50 bits per heavy atom. The van der Waals surface area contributed by atoms with Gasteiger partial charge in [-0.25, -0.2) is 4.79 Å². The SMILES string of the molecule is O=C1OCc2cnccc21. The molecule has 0 atom stereocenters. The van der Waals surface area contributed by atoms with Crippen LogP contribution in [0.1, 0.15) is 15.9 Å². The number of cyclic esters (lactones) is 1. The fourth-order valence-corrected chi connectivity index (χ4v) is 0.962. The molecule has 0 radical (unpaired) electrons. The Morgan fingerprint density at radius 3 is 3.30 bits per heavy atom. The lowest BCUT2D eigenvalue weighted by atomic mass is 10.2. The van der Waals surface area contributed by atoms with Crippen molar-refractivity contribution in [2.24, 2.45) is 0 Å². The van der Waals surface area contributed by atoms with E-state index in [1.807, 2.05) is 0 Å². The van der Waals surface area contributed by atoms with Crippen LogP contribution in [0.2, 0.25) is 0 Å². The van der Waals surface area contributed by atoms with Gasteiger partial charge in [0.25, 0.3) is 0 Å². The second-order valence-corrected chi connectivity index (χ2v) is 2.11. The molecule has 10 heavy (non-hydrogen) atoms. The quantitative estimate of drug-likeness (QED) is 0.493. The molecule has 1 aliphatic heterocycles. The van der Waals surface area contributed by atoms with Crippen LogP contribution in [0, 0.1) is 0 Å². The highest BCUT2D eigenvalue weighted by Gasteiger charge is 2.19. The summed E-state index contributed by atoms with van der Waals surface area (Å²) in [5, 5.41) is 0. The van der Waals surface area contributed by atoms with Gasteiger partial charge in [0.1, 0.15) is 6.61 Å². The number of fused-ring (bicyclic) bond motifs is 1. The number of aromatic nitrogens is 1. The van der Waals surface area contributed by atoms with Crippen LogP contribution >= 0.6 is 0 Å². The molecule has 50 valence electrons. The van der Waals surface area contributed by atoms with Crippen molar-refractivity contribution in [3.05, 3.63) is 29.6 Å². The molecule has 0 saturated carbocycles. The largest absolute Gasteiger partial charge is 0.457 e. The van der Waals surface area contributed by atoms with Gasteiger partial charge < -0.3 is 4.74 Å². The van der Waals surface area contributed by atoms with Gasteiger partial charge in [0.2, 0.25) is 0 Å². The van der Waals surface area contributed by atoms with Gasteiger partial charge >= 0.3 is 5.97 Å². The van der Waals surface area contributed by atoms with Crippen molar-refractivity contribution in [2.75, 3.05) is 0 Å². The topological polar surface area (TPSA) is 39.2 Å². The van der Waals surface area contributed by atoms with Gasteiger partial charge in [-0.05, 0) is 6.07 Å². The van der Waals surface area contributed by atoms with E-state index in [1.54, 1.807) is 18.5 Å². The summed E-state index contributed by atoms with van der Waals surface area (Å²) in [6.45, 7) is 0.377. The van der Waals surface area contributed by atoms with Gasteiger partial charge in [0.05, 0.1) is 5.56 Å². The summed E-state index contributed by atoms with van der Waals surface area (Å²) in [4.78, 5) is 14.7. The number of carbonyl (C=O) groups is 1. The normalized spacial score (nSPS) is 14.6. The number of nitrogens with zero attached hydrogens (tertiary/aromatic N) is 1. The van der Waals surface area contributed by atoms with E-state index in [0.29, 0.717) is 12.2 Å². The van der Waals surface area contributed by atoms with Crippen LogP contribution in [0.25, 0.3) is 0 Å². The summed E-state index contributed by atoms with van der Waals surface area (Å²) in [7, 11) is 0. The van der Waals surface area contributed by atoms with Gasteiger partial charge in [-0.15, -0.1) is 0 Å². The molecule has 0 fully saturated rings. The Balaban J connectivity index is 2.61. The first-order chi connectivity index (χ1) is 4.88. The van der Waals surface area contributed by atoms with Gasteiger partial charge in [0.15, 0.2) is 0 Å². The smallest absolute Gasteiger partial charge is 0.338 e. The van der Waals surface area contributed by atoms with Crippen LogP contribution in [-0.4, -0.2) is 11.0 Å². The maximum atomic E-state index is 10.8. The predicted molar refractivity (Wildman–Crippen MR) is 33.4 cm³/mol. The molecule has 0 bridgehead atoms. The Labute approximate surface area is 57.7 Å². The van der Waals surface area contributed by atoms with Crippen LogP contribution in [0.5, 0.6) is 0 Å². The van der Waals surface area contributed by atoms with E-state index in [2.05, 4.69) is 4.98 Å². The molecule has 3 heteroatoms. The van der Waals surface area contributed by atoms with Crippen LogP contribution in [-0.2, 0) is 11.3 Å². The Kier molecular flexibility index (Phi) is 0.974. The highest BCUT2D eigenvalue weighted by molar-refractivity contribution is 5.92. The molecule has 1 aromatic heterocycles. The number of pyridine rings is 1. The number of ether oxygens (including phenoxy) is 1. The molecule has 0 saturated heterocycles. The Hall–Kier alpha value is -1.38. The second-order valence-electron chi connectivity index (χ2n) is 2.11. The molecule has 3 nitrogen and oxygen atoms in total. The summed E-state index contributed by atoms with van der Waals surface area (Å²) in [6.07, 6.45) is 3.24. The van der Waals surface area contributed by atoms with E-state index in [0.717, 1.165) is 5.56 Å². The van der Waals surface area contributed by atoms with E-state index in [1.165, 1.54) is 0 Å². The molecule has 1 aliphatic rings. The van der Waals surface area contributed by atoms with E-state index in [4.69, 9.17) is 4.74 Å². The summed E-state index contributed by atoms with van der Waals surface area (Å²) in [5.41, 5.74) is 1.53. The molecule has 1 aromatic rings. The number of rotatable bonds is 0. The lowest BCUT2D eigenvalue weighted by Gasteiger charge is -1.87. The van der Waals surface area contributed by atoms with Crippen LogP contribution in [0.3, 0.4) is 0 Å². The Morgan fingerprint density at radius 1 is 1.60 bits per heavy atom. The molecule has 0 aromatic carbocycles. The number of hydrogen-bond acceptors (Lipinski definition) is 3. The minimum absolute atomic E-state index is 0.239. The molecule has 0 N–H and O–H groups in total. The van der Waals surface area contributed by atoms with E-state index >= 15 is 0 Å². The van der Waals surface area contributed by atoms with Crippen LogP contribution in [0.15, 0.2) is 18.5 Å². The minimum atomic E-state index is -0.239.